The molecular formula is C15H24N2O3S2. The van der Waals surface area contributed by atoms with E-state index in [-0.39, 0.29) is 36.0 Å². The van der Waals surface area contributed by atoms with E-state index in [1.54, 1.807) is 11.3 Å². The highest BCUT2D eigenvalue weighted by atomic mass is 32.2. The van der Waals surface area contributed by atoms with Gasteiger partial charge in [-0.25, -0.2) is 8.42 Å². The molecule has 2 rings (SSSR count). The van der Waals surface area contributed by atoms with Gasteiger partial charge < -0.3 is 5.32 Å². The first kappa shape index (κ1) is 17.4. The fourth-order valence-corrected chi connectivity index (χ4v) is 5.75. The van der Waals surface area contributed by atoms with Gasteiger partial charge in [0.05, 0.1) is 24.1 Å². The van der Waals surface area contributed by atoms with Crippen molar-refractivity contribution in [2.45, 2.75) is 39.3 Å². The van der Waals surface area contributed by atoms with Gasteiger partial charge in [-0.15, -0.1) is 11.3 Å². The molecule has 1 amide bonds. The molecule has 0 aliphatic carbocycles. The van der Waals surface area contributed by atoms with Gasteiger partial charge in [0.15, 0.2) is 9.84 Å². The maximum atomic E-state index is 12.2. The number of nitrogens with one attached hydrogen (secondary N) is 1. The van der Waals surface area contributed by atoms with E-state index >= 15 is 0 Å². The number of amides is 1. The highest BCUT2D eigenvalue weighted by Crippen LogP contribution is 2.26. The molecule has 2 heterocycles. The van der Waals surface area contributed by atoms with Gasteiger partial charge in [0.25, 0.3) is 0 Å². The van der Waals surface area contributed by atoms with E-state index in [9.17, 15) is 13.2 Å². The number of sulfone groups is 1. The van der Waals surface area contributed by atoms with E-state index in [2.05, 4.69) is 25.2 Å². The molecule has 0 bridgehead atoms. The van der Waals surface area contributed by atoms with Gasteiger partial charge in [-0.1, -0.05) is 0 Å². The predicted molar refractivity (Wildman–Crippen MR) is 90.0 cm³/mol. The summed E-state index contributed by atoms with van der Waals surface area (Å²) in [6.07, 6.45) is 0.616. The topological polar surface area (TPSA) is 66.5 Å². The van der Waals surface area contributed by atoms with E-state index in [4.69, 9.17) is 0 Å². The molecule has 0 unspecified atom stereocenters. The number of hydrogen-bond donors (Lipinski definition) is 1. The minimum atomic E-state index is -2.92. The van der Waals surface area contributed by atoms with Gasteiger partial charge in [-0.05, 0) is 45.9 Å². The van der Waals surface area contributed by atoms with Crippen LogP contribution in [-0.4, -0.2) is 50.4 Å². The molecule has 1 aromatic rings. The summed E-state index contributed by atoms with van der Waals surface area (Å²) >= 11 is 1.73. The summed E-state index contributed by atoms with van der Waals surface area (Å²) in [7, 11) is -1.10. The van der Waals surface area contributed by atoms with Crippen molar-refractivity contribution in [3.63, 3.8) is 0 Å². The predicted octanol–water partition coefficient (Wildman–Crippen LogP) is 1.66. The van der Waals surface area contributed by atoms with Crippen molar-refractivity contribution in [1.29, 1.82) is 0 Å². The summed E-state index contributed by atoms with van der Waals surface area (Å²) in [5, 5.41) is 3.00. The molecule has 1 aliphatic heterocycles. The lowest BCUT2D eigenvalue weighted by molar-refractivity contribution is -0.123. The van der Waals surface area contributed by atoms with Gasteiger partial charge in [0.2, 0.25) is 5.91 Å². The van der Waals surface area contributed by atoms with Crippen molar-refractivity contribution >= 4 is 27.1 Å². The van der Waals surface area contributed by atoms with Crippen molar-refractivity contribution in [3.8, 4) is 0 Å². The Hall–Kier alpha value is -0.920. The number of likely N-dealkylation sites (N-methyl/N-ethyl adjacent to an activating group) is 1. The zero-order valence-corrected chi connectivity index (χ0v) is 15.2. The molecule has 0 radical (unpaired) electrons. The standard InChI is InChI=1S/C15H24N2O3S2/c1-10-7-14(12(3)21-10)11(2)16-15(18)8-17(4)13-5-6-22(19,20)9-13/h7,11,13H,5-6,8-9H2,1-4H3,(H,16,18)/t11-,13+/m1/s1. The van der Waals surface area contributed by atoms with Gasteiger partial charge in [-0.2, -0.15) is 0 Å². The van der Waals surface area contributed by atoms with Crippen molar-refractivity contribution in [2.75, 3.05) is 25.1 Å². The highest BCUT2D eigenvalue weighted by Gasteiger charge is 2.31. The Morgan fingerprint density at radius 1 is 1.50 bits per heavy atom. The van der Waals surface area contributed by atoms with Crippen LogP contribution in [0.3, 0.4) is 0 Å². The number of carbonyl (C=O) groups excluding carboxylic acids is 1. The van der Waals surface area contributed by atoms with Crippen LogP contribution in [0.5, 0.6) is 0 Å². The second kappa shape index (κ2) is 6.68. The van der Waals surface area contributed by atoms with Crippen LogP contribution in [0.4, 0.5) is 0 Å². The number of carbonyl (C=O) groups is 1. The first-order valence-corrected chi connectivity index (χ1v) is 10.1. The summed E-state index contributed by atoms with van der Waals surface area (Å²) < 4.78 is 23.0. The van der Waals surface area contributed by atoms with Crippen molar-refractivity contribution in [3.05, 3.63) is 21.4 Å². The molecule has 1 N–H and O–H groups in total. The Kier molecular flexibility index (Phi) is 5.29. The van der Waals surface area contributed by atoms with Crippen molar-refractivity contribution < 1.29 is 13.2 Å². The number of rotatable bonds is 5. The van der Waals surface area contributed by atoms with Gasteiger partial charge in [-0.3, -0.25) is 9.69 Å². The third-order valence-corrected chi connectivity index (χ3v) is 6.88. The minimum absolute atomic E-state index is 0.0295. The van der Waals surface area contributed by atoms with Crippen LogP contribution < -0.4 is 5.32 Å². The zero-order valence-electron chi connectivity index (χ0n) is 13.5. The van der Waals surface area contributed by atoms with Crippen LogP contribution in [0.15, 0.2) is 6.07 Å². The van der Waals surface area contributed by atoms with E-state index in [0.717, 1.165) is 5.56 Å². The first-order valence-electron chi connectivity index (χ1n) is 7.45. The van der Waals surface area contributed by atoms with Gasteiger partial charge >= 0.3 is 0 Å². The van der Waals surface area contributed by atoms with E-state index in [1.165, 1.54) is 9.75 Å². The SMILES string of the molecule is Cc1cc([C@@H](C)NC(=O)CN(C)[C@H]2CCS(=O)(=O)C2)c(C)s1. The Morgan fingerprint density at radius 2 is 2.18 bits per heavy atom. The molecule has 5 nitrogen and oxygen atoms in total. The number of hydrogen-bond acceptors (Lipinski definition) is 5. The summed E-state index contributed by atoms with van der Waals surface area (Å²) in [6.45, 7) is 6.33. The number of thiophene rings is 1. The Labute approximate surface area is 136 Å². The number of nitrogens with zero attached hydrogens (tertiary/aromatic N) is 1. The summed E-state index contributed by atoms with van der Waals surface area (Å²) in [6, 6.07) is 2.03. The minimum Gasteiger partial charge on any atom is -0.348 e. The number of aryl methyl sites for hydroxylation is 2. The van der Waals surface area contributed by atoms with Gasteiger partial charge in [0, 0.05) is 15.8 Å². The molecule has 1 fully saturated rings. The second-order valence-corrected chi connectivity index (χ2v) is 9.82. The maximum Gasteiger partial charge on any atom is 0.234 e. The van der Waals surface area contributed by atoms with Crippen LogP contribution in [0.2, 0.25) is 0 Å². The average molecular weight is 345 g/mol. The Morgan fingerprint density at radius 3 is 2.68 bits per heavy atom. The van der Waals surface area contributed by atoms with Crippen LogP contribution in [0, 0.1) is 13.8 Å². The molecule has 1 aliphatic rings. The third-order valence-electron chi connectivity index (χ3n) is 4.15. The van der Waals surface area contributed by atoms with E-state index in [0.29, 0.717) is 6.42 Å². The van der Waals surface area contributed by atoms with Crippen molar-refractivity contribution in [1.82, 2.24) is 10.2 Å². The molecule has 0 saturated carbocycles. The first-order chi connectivity index (χ1) is 10.2. The van der Waals surface area contributed by atoms with Crippen LogP contribution in [-0.2, 0) is 14.6 Å². The smallest absolute Gasteiger partial charge is 0.234 e. The van der Waals surface area contributed by atoms with E-state index < -0.39 is 9.84 Å². The summed E-state index contributed by atoms with van der Waals surface area (Å²) in [4.78, 5) is 16.5. The van der Waals surface area contributed by atoms with Crippen LogP contribution in [0.1, 0.15) is 34.7 Å². The zero-order chi connectivity index (χ0) is 16.5. The lowest BCUT2D eigenvalue weighted by Crippen LogP contribution is -2.41. The molecule has 1 saturated heterocycles. The molecule has 7 heteroatoms. The third kappa shape index (κ3) is 4.30. The molecular weight excluding hydrogens is 320 g/mol. The fraction of sp³-hybridized carbons (Fsp3) is 0.667. The molecule has 0 aromatic carbocycles. The average Bonchev–Trinajstić information content (AvgIpc) is 2.91. The Bertz CT molecular complexity index is 652. The molecule has 0 spiro atoms. The van der Waals surface area contributed by atoms with Gasteiger partial charge in [0.1, 0.15) is 0 Å². The lowest BCUT2D eigenvalue weighted by Gasteiger charge is -2.23. The lowest BCUT2D eigenvalue weighted by atomic mass is 10.1. The monoisotopic (exact) mass is 344 g/mol. The largest absolute Gasteiger partial charge is 0.348 e. The Balaban J connectivity index is 1.89. The van der Waals surface area contributed by atoms with Crippen LogP contribution >= 0.6 is 11.3 Å². The molecule has 1 aromatic heterocycles. The quantitative estimate of drug-likeness (QED) is 0.882. The fourth-order valence-electron chi connectivity index (χ4n) is 2.92. The highest BCUT2D eigenvalue weighted by molar-refractivity contribution is 7.91. The maximum absolute atomic E-state index is 12.2. The van der Waals surface area contributed by atoms with Crippen molar-refractivity contribution in [2.24, 2.45) is 0 Å². The molecule has 124 valence electrons. The normalized spacial score (nSPS) is 22.0. The van der Waals surface area contributed by atoms with Crippen LogP contribution in [0.25, 0.3) is 0 Å². The molecule has 22 heavy (non-hydrogen) atoms. The summed E-state index contributed by atoms with van der Waals surface area (Å²) in [5.41, 5.74) is 1.15. The van der Waals surface area contributed by atoms with E-state index in [1.807, 2.05) is 18.9 Å². The second-order valence-electron chi connectivity index (χ2n) is 6.13. The summed E-state index contributed by atoms with van der Waals surface area (Å²) in [5.74, 6) is 0.324. The molecule has 2 atom stereocenters.